The first-order valence-corrected chi connectivity index (χ1v) is 8.04. The van der Waals surface area contributed by atoms with Gasteiger partial charge in [-0.25, -0.2) is 4.98 Å². The summed E-state index contributed by atoms with van der Waals surface area (Å²) in [5.74, 6) is 0.0174. The number of aromatic nitrogens is 1. The zero-order valence-corrected chi connectivity index (χ0v) is 12.8. The van der Waals surface area contributed by atoms with Crippen LogP contribution < -0.4 is 11.1 Å². The van der Waals surface area contributed by atoms with Crippen molar-refractivity contribution in [2.45, 2.75) is 32.2 Å². The van der Waals surface area contributed by atoms with Crippen LogP contribution in [0.4, 0.5) is 5.69 Å². The summed E-state index contributed by atoms with van der Waals surface area (Å²) in [5, 5.41) is 5.91. The van der Waals surface area contributed by atoms with Gasteiger partial charge in [-0.15, -0.1) is 11.3 Å². The molecule has 0 aliphatic heterocycles. The van der Waals surface area contributed by atoms with Gasteiger partial charge in [0.05, 0.1) is 5.41 Å². The molecule has 2 unspecified atom stereocenters. The highest BCUT2D eigenvalue weighted by atomic mass is 32.1. The minimum atomic E-state index is -0.461. The first-order valence-electron chi connectivity index (χ1n) is 7.16. The minimum absolute atomic E-state index is 0.0174. The van der Waals surface area contributed by atoms with E-state index in [0.29, 0.717) is 0 Å². The number of hydrogen-bond acceptors (Lipinski definition) is 4. The van der Waals surface area contributed by atoms with Gasteiger partial charge in [0.2, 0.25) is 5.91 Å². The molecule has 110 valence electrons. The number of carbonyl (C=O) groups excluding carboxylic acids is 1. The fourth-order valence-electron chi connectivity index (χ4n) is 2.84. The zero-order chi connectivity index (χ0) is 14.9. The number of amides is 1. The molecule has 0 radical (unpaired) electrons. The summed E-state index contributed by atoms with van der Waals surface area (Å²) in [5.41, 5.74) is 7.46. The molecule has 3 rings (SSSR count). The highest BCUT2D eigenvalue weighted by molar-refractivity contribution is 7.13. The molecular weight excluding hydrogens is 282 g/mol. The second kappa shape index (κ2) is 5.58. The van der Waals surface area contributed by atoms with Gasteiger partial charge in [-0.3, -0.25) is 4.79 Å². The monoisotopic (exact) mass is 301 g/mol. The van der Waals surface area contributed by atoms with E-state index < -0.39 is 5.41 Å². The van der Waals surface area contributed by atoms with Crippen LogP contribution in [0.25, 0.3) is 10.6 Å². The number of rotatable bonds is 3. The second-order valence-corrected chi connectivity index (χ2v) is 6.68. The molecule has 1 amide bonds. The standard InChI is InChI=1S/C16H19N3OS/c1-16(7-3-6-13(16)17)15(20)19-12-5-2-4-11(10-12)14-18-8-9-21-14/h2,4-5,8-10,13H,3,6-7,17H2,1H3,(H,19,20). The Morgan fingerprint density at radius 1 is 1.52 bits per heavy atom. The summed E-state index contributed by atoms with van der Waals surface area (Å²) in [6.45, 7) is 1.96. The van der Waals surface area contributed by atoms with Crippen molar-refractivity contribution in [3.8, 4) is 10.6 Å². The topological polar surface area (TPSA) is 68.0 Å². The Morgan fingerprint density at radius 2 is 2.38 bits per heavy atom. The molecule has 1 saturated carbocycles. The quantitative estimate of drug-likeness (QED) is 0.914. The van der Waals surface area contributed by atoms with Gasteiger partial charge in [0, 0.05) is 28.9 Å². The number of benzene rings is 1. The van der Waals surface area contributed by atoms with Crippen molar-refractivity contribution in [3.63, 3.8) is 0 Å². The van der Waals surface area contributed by atoms with Crippen molar-refractivity contribution in [2.24, 2.45) is 11.1 Å². The maximum atomic E-state index is 12.5. The van der Waals surface area contributed by atoms with Crippen LogP contribution in [0.1, 0.15) is 26.2 Å². The molecule has 1 aliphatic rings. The summed E-state index contributed by atoms with van der Waals surface area (Å²) in [6.07, 6.45) is 4.57. The van der Waals surface area contributed by atoms with Gasteiger partial charge in [0.15, 0.2) is 0 Å². The van der Waals surface area contributed by atoms with Crippen molar-refractivity contribution in [1.82, 2.24) is 4.98 Å². The summed E-state index contributed by atoms with van der Waals surface area (Å²) in [7, 11) is 0. The van der Waals surface area contributed by atoms with E-state index in [1.165, 1.54) is 0 Å². The van der Waals surface area contributed by atoms with Crippen LogP contribution in [0, 0.1) is 5.41 Å². The normalized spacial score (nSPS) is 25.0. The van der Waals surface area contributed by atoms with Gasteiger partial charge < -0.3 is 11.1 Å². The van der Waals surface area contributed by atoms with Crippen molar-refractivity contribution < 1.29 is 4.79 Å². The molecule has 1 aromatic carbocycles. The van der Waals surface area contributed by atoms with Crippen LogP contribution in [-0.4, -0.2) is 16.9 Å². The van der Waals surface area contributed by atoms with Crippen LogP contribution in [0.15, 0.2) is 35.8 Å². The maximum absolute atomic E-state index is 12.5. The molecule has 0 spiro atoms. The third-order valence-corrected chi connectivity index (χ3v) is 5.17. The van der Waals surface area contributed by atoms with E-state index in [2.05, 4.69) is 10.3 Å². The lowest BCUT2D eigenvalue weighted by Gasteiger charge is -2.27. The molecule has 0 saturated heterocycles. The van der Waals surface area contributed by atoms with Crippen LogP contribution in [0.5, 0.6) is 0 Å². The van der Waals surface area contributed by atoms with Gasteiger partial charge in [-0.2, -0.15) is 0 Å². The van der Waals surface area contributed by atoms with Gasteiger partial charge in [0.25, 0.3) is 0 Å². The highest BCUT2D eigenvalue weighted by Gasteiger charge is 2.42. The third kappa shape index (κ3) is 2.71. The lowest BCUT2D eigenvalue weighted by atomic mass is 9.84. The Balaban J connectivity index is 1.79. The number of nitrogens with zero attached hydrogens (tertiary/aromatic N) is 1. The van der Waals surface area contributed by atoms with Crippen molar-refractivity contribution in [3.05, 3.63) is 35.8 Å². The van der Waals surface area contributed by atoms with Crippen LogP contribution in [0.2, 0.25) is 0 Å². The Kier molecular flexibility index (Phi) is 3.78. The Hall–Kier alpha value is -1.72. The Bertz CT molecular complexity index is 641. The van der Waals surface area contributed by atoms with E-state index >= 15 is 0 Å². The van der Waals surface area contributed by atoms with E-state index in [0.717, 1.165) is 35.5 Å². The number of nitrogens with two attached hydrogens (primary N) is 1. The predicted octanol–water partition coefficient (Wildman–Crippen LogP) is 3.27. The summed E-state index contributed by atoms with van der Waals surface area (Å²) < 4.78 is 0. The molecule has 1 aromatic heterocycles. The fourth-order valence-corrected chi connectivity index (χ4v) is 3.48. The van der Waals surface area contributed by atoms with Gasteiger partial charge in [-0.1, -0.05) is 18.6 Å². The number of thiazole rings is 1. The molecule has 1 aliphatic carbocycles. The lowest BCUT2D eigenvalue weighted by Crippen LogP contribution is -2.44. The summed E-state index contributed by atoms with van der Waals surface area (Å²) >= 11 is 1.58. The van der Waals surface area contributed by atoms with Gasteiger partial charge in [-0.05, 0) is 31.9 Å². The molecule has 3 N–H and O–H groups in total. The Labute approximate surface area is 128 Å². The summed E-state index contributed by atoms with van der Waals surface area (Å²) in [4.78, 5) is 16.8. The second-order valence-electron chi connectivity index (χ2n) is 5.79. The van der Waals surface area contributed by atoms with Crippen LogP contribution in [0.3, 0.4) is 0 Å². The van der Waals surface area contributed by atoms with E-state index in [1.807, 2.05) is 36.6 Å². The average molecular weight is 301 g/mol. The number of nitrogens with one attached hydrogen (secondary N) is 1. The lowest BCUT2D eigenvalue weighted by molar-refractivity contribution is -0.125. The third-order valence-electron chi connectivity index (χ3n) is 4.35. The van der Waals surface area contributed by atoms with Crippen molar-refractivity contribution in [2.75, 3.05) is 5.32 Å². The minimum Gasteiger partial charge on any atom is -0.327 e. The molecule has 5 heteroatoms. The Morgan fingerprint density at radius 3 is 3.05 bits per heavy atom. The maximum Gasteiger partial charge on any atom is 0.231 e. The van der Waals surface area contributed by atoms with Crippen molar-refractivity contribution >= 4 is 22.9 Å². The van der Waals surface area contributed by atoms with E-state index in [9.17, 15) is 4.79 Å². The average Bonchev–Trinajstić information content (AvgIpc) is 3.11. The molecule has 2 atom stereocenters. The van der Waals surface area contributed by atoms with Crippen LogP contribution in [-0.2, 0) is 4.79 Å². The largest absolute Gasteiger partial charge is 0.327 e. The number of hydrogen-bond donors (Lipinski definition) is 2. The molecular formula is C16H19N3OS. The van der Waals surface area contributed by atoms with E-state index in [4.69, 9.17) is 5.73 Å². The van der Waals surface area contributed by atoms with E-state index in [1.54, 1.807) is 17.5 Å². The van der Waals surface area contributed by atoms with Crippen LogP contribution >= 0.6 is 11.3 Å². The highest BCUT2D eigenvalue weighted by Crippen LogP contribution is 2.38. The zero-order valence-electron chi connectivity index (χ0n) is 12.0. The molecule has 1 fully saturated rings. The van der Waals surface area contributed by atoms with E-state index in [-0.39, 0.29) is 11.9 Å². The molecule has 0 bridgehead atoms. The predicted molar refractivity (Wildman–Crippen MR) is 86.1 cm³/mol. The van der Waals surface area contributed by atoms with Gasteiger partial charge >= 0.3 is 0 Å². The SMILES string of the molecule is CC1(C(=O)Nc2cccc(-c3nccs3)c2)CCCC1N. The van der Waals surface area contributed by atoms with Crippen molar-refractivity contribution in [1.29, 1.82) is 0 Å². The first kappa shape index (κ1) is 14.2. The molecule has 21 heavy (non-hydrogen) atoms. The van der Waals surface area contributed by atoms with Gasteiger partial charge in [0.1, 0.15) is 5.01 Å². The fraction of sp³-hybridized carbons (Fsp3) is 0.375. The molecule has 4 nitrogen and oxygen atoms in total. The smallest absolute Gasteiger partial charge is 0.231 e. The number of anilines is 1. The molecule has 1 heterocycles. The first-order chi connectivity index (χ1) is 10.1. The molecule has 2 aromatic rings. The summed E-state index contributed by atoms with van der Waals surface area (Å²) in [6, 6.07) is 7.74. The number of carbonyl (C=O) groups is 1.